The summed E-state index contributed by atoms with van der Waals surface area (Å²) < 4.78 is 6.76. The summed E-state index contributed by atoms with van der Waals surface area (Å²) in [4.78, 5) is 33.1. The van der Waals surface area contributed by atoms with Crippen LogP contribution in [0, 0.1) is 6.92 Å². The van der Waals surface area contributed by atoms with Crippen molar-refractivity contribution >= 4 is 38.6 Å². The SMILES string of the molecule is CCc1ccc(C2c3c(oc4ccc(Br)cc4c3=O)C(=O)N2c2ccc(C)cn2)cc1. The van der Waals surface area contributed by atoms with Crippen LogP contribution in [0.15, 0.2) is 74.5 Å². The lowest BCUT2D eigenvalue weighted by Crippen LogP contribution is -2.30. The largest absolute Gasteiger partial charge is 0.450 e. The fraction of sp³-hybridized carbons (Fsp3) is 0.160. The summed E-state index contributed by atoms with van der Waals surface area (Å²) in [7, 11) is 0. The fourth-order valence-electron chi connectivity index (χ4n) is 4.03. The van der Waals surface area contributed by atoms with E-state index in [2.05, 4.69) is 27.8 Å². The van der Waals surface area contributed by atoms with Crippen molar-refractivity contribution < 1.29 is 9.21 Å². The van der Waals surface area contributed by atoms with Crippen molar-refractivity contribution in [2.45, 2.75) is 26.3 Å². The standard InChI is InChI=1S/C25H19BrN2O3/c1-3-15-5-7-16(8-6-15)22-21-23(29)18-12-17(26)9-10-19(18)31-24(21)25(30)28(22)20-11-4-14(2)13-27-20/h4-13,22H,3H2,1-2H3. The molecule has 3 heterocycles. The normalized spacial score (nSPS) is 15.5. The lowest BCUT2D eigenvalue weighted by molar-refractivity contribution is 0.0970. The van der Waals surface area contributed by atoms with Gasteiger partial charge in [-0.05, 0) is 54.3 Å². The van der Waals surface area contributed by atoms with E-state index in [1.165, 1.54) is 5.56 Å². The van der Waals surface area contributed by atoms with Crippen LogP contribution in [-0.2, 0) is 6.42 Å². The van der Waals surface area contributed by atoms with Gasteiger partial charge in [-0.3, -0.25) is 14.5 Å². The maximum absolute atomic E-state index is 13.6. The number of anilines is 1. The number of rotatable bonds is 3. The van der Waals surface area contributed by atoms with Crippen molar-refractivity contribution in [3.05, 3.63) is 104 Å². The average molecular weight is 475 g/mol. The van der Waals surface area contributed by atoms with Crippen LogP contribution in [0.2, 0.25) is 0 Å². The van der Waals surface area contributed by atoms with E-state index in [9.17, 15) is 9.59 Å². The zero-order valence-corrected chi connectivity index (χ0v) is 18.6. The summed E-state index contributed by atoms with van der Waals surface area (Å²) in [6, 6.07) is 16.3. The number of hydrogen-bond donors (Lipinski definition) is 0. The Labute approximate surface area is 187 Å². The molecule has 0 fully saturated rings. The van der Waals surface area contributed by atoms with Gasteiger partial charge in [0, 0.05) is 10.7 Å². The van der Waals surface area contributed by atoms with Crippen LogP contribution in [0.5, 0.6) is 0 Å². The molecule has 2 aromatic carbocycles. The summed E-state index contributed by atoms with van der Waals surface area (Å²) in [5.74, 6) is 0.195. The highest BCUT2D eigenvalue weighted by atomic mass is 79.9. The van der Waals surface area contributed by atoms with Crippen LogP contribution in [0.3, 0.4) is 0 Å². The topological polar surface area (TPSA) is 63.4 Å². The first kappa shape index (κ1) is 19.7. The van der Waals surface area contributed by atoms with Crippen LogP contribution in [0.25, 0.3) is 11.0 Å². The quantitative estimate of drug-likeness (QED) is 0.389. The molecule has 0 radical (unpaired) electrons. The minimum Gasteiger partial charge on any atom is -0.450 e. The van der Waals surface area contributed by atoms with E-state index in [0.717, 1.165) is 22.0 Å². The Bertz CT molecular complexity index is 1380. The van der Waals surface area contributed by atoms with Gasteiger partial charge in [-0.15, -0.1) is 0 Å². The number of halogens is 1. The second-order valence-electron chi connectivity index (χ2n) is 7.68. The Morgan fingerprint density at radius 3 is 2.52 bits per heavy atom. The molecule has 1 aliphatic rings. The van der Waals surface area contributed by atoms with E-state index in [1.807, 2.05) is 37.3 Å². The summed E-state index contributed by atoms with van der Waals surface area (Å²) in [5.41, 5.74) is 3.55. The third kappa shape index (κ3) is 3.18. The van der Waals surface area contributed by atoms with E-state index in [0.29, 0.717) is 22.4 Å². The predicted molar refractivity (Wildman–Crippen MR) is 124 cm³/mol. The Balaban J connectivity index is 1.79. The van der Waals surface area contributed by atoms with Gasteiger partial charge in [0.05, 0.1) is 17.0 Å². The second-order valence-corrected chi connectivity index (χ2v) is 8.60. The van der Waals surface area contributed by atoms with E-state index >= 15 is 0 Å². The summed E-state index contributed by atoms with van der Waals surface area (Å²) in [6.07, 6.45) is 2.62. The number of aryl methyl sites for hydroxylation is 2. The number of carbonyl (C=O) groups excluding carboxylic acids is 1. The summed E-state index contributed by atoms with van der Waals surface area (Å²) >= 11 is 3.42. The third-order valence-electron chi connectivity index (χ3n) is 5.68. The zero-order valence-electron chi connectivity index (χ0n) is 17.1. The van der Waals surface area contributed by atoms with E-state index in [4.69, 9.17) is 4.42 Å². The number of amides is 1. The average Bonchev–Trinajstić information content (AvgIpc) is 3.07. The van der Waals surface area contributed by atoms with E-state index in [1.54, 1.807) is 35.4 Å². The van der Waals surface area contributed by atoms with Crippen molar-refractivity contribution in [2.24, 2.45) is 0 Å². The number of benzene rings is 2. The fourth-order valence-corrected chi connectivity index (χ4v) is 4.40. The van der Waals surface area contributed by atoms with Crippen molar-refractivity contribution in [2.75, 3.05) is 4.90 Å². The molecule has 0 saturated heterocycles. The lowest BCUT2D eigenvalue weighted by atomic mass is 9.97. The molecule has 154 valence electrons. The molecule has 1 aliphatic heterocycles. The van der Waals surface area contributed by atoms with Gasteiger partial charge in [0.15, 0.2) is 5.43 Å². The first-order valence-corrected chi connectivity index (χ1v) is 10.9. The Kier molecular flexibility index (Phi) is 4.74. The van der Waals surface area contributed by atoms with Crippen LogP contribution in [0.1, 0.15) is 45.8 Å². The van der Waals surface area contributed by atoms with Gasteiger partial charge >= 0.3 is 0 Å². The number of carbonyl (C=O) groups is 1. The highest BCUT2D eigenvalue weighted by Gasteiger charge is 2.44. The first-order valence-electron chi connectivity index (χ1n) is 10.1. The maximum Gasteiger partial charge on any atom is 0.296 e. The molecular formula is C25H19BrN2O3. The Hall–Kier alpha value is -3.25. The van der Waals surface area contributed by atoms with Gasteiger partial charge in [-0.1, -0.05) is 53.2 Å². The van der Waals surface area contributed by atoms with Gasteiger partial charge in [0.25, 0.3) is 5.91 Å². The minimum absolute atomic E-state index is 0.0757. The molecule has 5 nitrogen and oxygen atoms in total. The third-order valence-corrected chi connectivity index (χ3v) is 6.17. The van der Waals surface area contributed by atoms with Crippen LogP contribution in [0.4, 0.5) is 5.82 Å². The van der Waals surface area contributed by atoms with Gasteiger partial charge in [-0.25, -0.2) is 4.98 Å². The van der Waals surface area contributed by atoms with Crippen molar-refractivity contribution in [3.8, 4) is 0 Å². The molecule has 5 rings (SSSR count). The second kappa shape index (κ2) is 7.46. The van der Waals surface area contributed by atoms with Crippen molar-refractivity contribution in [1.29, 1.82) is 0 Å². The van der Waals surface area contributed by atoms with Crippen LogP contribution < -0.4 is 10.3 Å². The smallest absolute Gasteiger partial charge is 0.296 e. The molecule has 1 atom stereocenters. The molecule has 0 spiro atoms. The maximum atomic E-state index is 13.6. The number of fused-ring (bicyclic) bond motifs is 2. The highest BCUT2D eigenvalue weighted by molar-refractivity contribution is 9.10. The van der Waals surface area contributed by atoms with Crippen molar-refractivity contribution in [1.82, 2.24) is 4.98 Å². The van der Waals surface area contributed by atoms with Gasteiger partial charge in [0.1, 0.15) is 11.4 Å². The molecule has 1 unspecified atom stereocenters. The van der Waals surface area contributed by atoms with Gasteiger partial charge in [-0.2, -0.15) is 0 Å². The molecule has 0 aliphatic carbocycles. The van der Waals surface area contributed by atoms with Gasteiger partial charge in [0.2, 0.25) is 5.76 Å². The summed E-state index contributed by atoms with van der Waals surface area (Å²) in [5, 5.41) is 0.440. The van der Waals surface area contributed by atoms with Gasteiger partial charge < -0.3 is 4.42 Å². The lowest BCUT2D eigenvalue weighted by Gasteiger charge is -2.24. The molecule has 4 aromatic rings. The number of hydrogen-bond acceptors (Lipinski definition) is 4. The first-order chi connectivity index (χ1) is 15.0. The van der Waals surface area contributed by atoms with E-state index in [-0.39, 0.29) is 17.1 Å². The number of aromatic nitrogens is 1. The molecule has 31 heavy (non-hydrogen) atoms. The Morgan fingerprint density at radius 1 is 1.06 bits per heavy atom. The molecular weight excluding hydrogens is 456 g/mol. The molecule has 0 bridgehead atoms. The van der Waals surface area contributed by atoms with Crippen LogP contribution in [-0.4, -0.2) is 10.9 Å². The molecule has 0 N–H and O–H groups in total. The highest BCUT2D eigenvalue weighted by Crippen LogP contribution is 2.40. The monoisotopic (exact) mass is 474 g/mol. The molecule has 6 heteroatoms. The minimum atomic E-state index is -0.608. The van der Waals surface area contributed by atoms with Crippen LogP contribution >= 0.6 is 15.9 Å². The predicted octanol–water partition coefficient (Wildman–Crippen LogP) is 5.57. The van der Waals surface area contributed by atoms with Crippen molar-refractivity contribution in [3.63, 3.8) is 0 Å². The summed E-state index contributed by atoms with van der Waals surface area (Å²) in [6.45, 7) is 4.03. The zero-order chi connectivity index (χ0) is 21.7. The number of nitrogens with zero attached hydrogens (tertiary/aromatic N) is 2. The Morgan fingerprint density at radius 2 is 1.84 bits per heavy atom. The molecule has 2 aromatic heterocycles. The molecule has 1 amide bonds. The van der Waals surface area contributed by atoms with E-state index < -0.39 is 6.04 Å². The number of pyridine rings is 1. The molecule has 0 saturated carbocycles.